The average molecular weight is 325 g/mol. The Hall–Kier alpha value is -2.33. The van der Waals surface area contributed by atoms with E-state index in [0.717, 1.165) is 18.8 Å². The van der Waals surface area contributed by atoms with Gasteiger partial charge >= 0.3 is 0 Å². The molecule has 0 aromatic heterocycles. The van der Waals surface area contributed by atoms with Crippen molar-refractivity contribution >= 4 is 11.6 Å². The summed E-state index contributed by atoms with van der Waals surface area (Å²) in [5, 5.41) is 0. The lowest BCUT2D eigenvalue weighted by molar-refractivity contribution is 0.0748. The van der Waals surface area contributed by atoms with Crippen molar-refractivity contribution in [2.24, 2.45) is 5.73 Å². The Kier molecular flexibility index (Phi) is 6.38. The van der Waals surface area contributed by atoms with Gasteiger partial charge in [-0.25, -0.2) is 0 Å². The third-order valence-corrected chi connectivity index (χ3v) is 4.40. The third-order valence-electron chi connectivity index (χ3n) is 4.40. The molecule has 2 aromatic rings. The normalized spacial score (nSPS) is 11.8. The largest absolute Gasteiger partial charge is 0.367 e. The van der Waals surface area contributed by atoms with E-state index in [9.17, 15) is 4.79 Å². The van der Waals surface area contributed by atoms with Crippen LogP contribution in [0, 0.1) is 0 Å². The van der Waals surface area contributed by atoms with Crippen LogP contribution in [0.1, 0.15) is 29.8 Å². The van der Waals surface area contributed by atoms with E-state index in [1.165, 1.54) is 5.56 Å². The molecule has 0 heterocycles. The molecule has 2 aromatic carbocycles. The molecule has 0 fully saturated rings. The second-order valence-electron chi connectivity index (χ2n) is 6.05. The number of nitrogens with two attached hydrogens (primary N) is 1. The average Bonchev–Trinajstić information content (AvgIpc) is 2.65. The quantitative estimate of drug-likeness (QED) is 0.851. The maximum Gasteiger partial charge on any atom is 0.253 e. The van der Waals surface area contributed by atoms with E-state index >= 15 is 0 Å². The molecule has 0 aliphatic rings. The molecule has 0 saturated heterocycles. The first-order chi connectivity index (χ1) is 11.6. The number of anilines is 1. The molecule has 0 bridgehead atoms. The van der Waals surface area contributed by atoms with Gasteiger partial charge in [-0.2, -0.15) is 0 Å². The summed E-state index contributed by atoms with van der Waals surface area (Å²) < 4.78 is 0. The standard InChI is InChI=1S/C20H27N3O/c1-4-23(15-17-8-6-5-7-9-17)19-12-10-18(11-13-19)20(24)22(3)16(2)14-21/h5-13,16H,4,14-15,21H2,1-3H3. The first kappa shape index (κ1) is 18.0. The minimum atomic E-state index is 0.00519. The van der Waals surface area contributed by atoms with Crippen molar-refractivity contribution in [2.45, 2.75) is 26.4 Å². The molecule has 0 aliphatic carbocycles. The molecule has 0 spiro atoms. The highest BCUT2D eigenvalue weighted by molar-refractivity contribution is 5.94. The van der Waals surface area contributed by atoms with Crippen LogP contribution in [-0.2, 0) is 6.54 Å². The lowest BCUT2D eigenvalue weighted by atomic mass is 10.1. The molecule has 0 saturated carbocycles. The van der Waals surface area contributed by atoms with Gasteiger partial charge in [0.1, 0.15) is 0 Å². The zero-order valence-corrected chi connectivity index (χ0v) is 14.8. The summed E-state index contributed by atoms with van der Waals surface area (Å²) in [4.78, 5) is 16.4. The molecule has 1 unspecified atom stereocenters. The van der Waals surface area contributed by atoms with Crippen LogP contribution in [0.3, 0.4) is 0 Å². The zero-order valence-electron chi connectivity index (χ0n) is 14.8. The van der Waals surface area contributed by atoms with Gasteiger partial charge in [0, 0.05) is 44.0 Å². The van der Waals surface area contributed by atoms with Gasteiger partial charge in [0.05, 0.1) is 0 Å². The van der Waals surface area contributed by atoms with Gasteiger partial charge < -0.3 is 15.5 Å². The SMILES string of the molecule is CCN(Cc1ccccc1)c1ccc(C(=O)N(C)C(C)CN)cc1. The number of amides is 1. The first-order valence-electron chi connectivity index (χ1n) is 8.43. The fourth-order valence-electron chi connectivity index (χ4n) is 2.57. The van der Waals surface area contributed by atoms with Crippen molar-refractivity contribution in [3.63, 3.8) is 0 Å². The summed E-state index contributed by atoms with van der Waals surface area (Å²) in [6.45, 7) is 6.31. The molecule has 2 rings (SSSR count). The maximum atomic E-state index is 12.4. The Bertz CT molecular complexity index is 640. The predicted molar refractivity (Wildman–Crippen MR) is 100 cm³/mol. The van der Waals surface area contributed by atoms with E-state index in [2.05, 4.69) is 36.1 Å². The molecule has 1 atom stereocenters. The Morgan fingerprint density at radius 1 is 1.08 bits per heavy atom. The Labute approximate surface area is 144 Å². The number of rotatable bonds is 7. The van der Waals surface area contributed by atoms with Crippen LogP contribution < -0.4 is 10.6 Å². The molecular formula is C20H27N3O. The van der Waals surface area contributed by atoms with Crippen LogP contribution in [0.15, 0.2) is 54.6 Å². The van der Waals surface area contributed by atoms with Crippen LogP contribution >= 0.6 is 0 Å². The number of benzene rings is 2. The second-order valence-corrected chi connectivity index (χ2v) is 6.05. The Morgan fingerprint density at radius 3 is 2.25 bits per heavy atom. The third kappa shape index (κ3) is 4.36. The van der Waals surface area contributed by atoms with Gasteiger partial charge in [-0.1, -0.05) is 30.3 Å². The number of carbonyl (C=O) groups excluding carboxylic acids is 1. The molecule has 4 nitrogen and oxygen atoms in total. The van der Waals surface area contributed by atoms with Gasteiger partial charge in [-0.3, -0.25) is 4.79 Å². The molecular weight excluding hydrogens is 298 g/mol. The van der Waals surface area contributed by atoms with Gasteiger partial charge in [0.2, 0.25) is 0 Å². The number of likely N-dealkylation sites (N-methyl/N-ethyl adjacent to an activating group) is 1. The fourth-order valence-corrected chi connectivity index (χ4v) is 2.57. The van der Waals surface area contributed by atoms with Crippen LogP contribution in [0.25, 0.3) is 0 Å². The highest BCUT2D eigenvalue weighted by atomic mass is 16.2. The predicted octanol–water partition coefficient (Wildman–Crippen LogP) is 3.13. The number of nitrogens with zero attached hydrogens (tertiary/aromatic N) is 2. The van der Waals surface area contributed by atoms with Crippen molar-refractivity contribution in [3.05, 3.63) is 65.7 Å². The number of hydrogen-bond donors (Lipinski definition) is 1. The topological polar surface area (TPSA) is 49.6 Å². The van der Waals surface area contributed by atoms with E-state index in [1.807, 2.05) is 37.3 Å². The summed E-state index contributed by atoms with van der Waals surface area (Å²) in [5.74, 6) is 0.00519. The highest BCUT2D eigenvalue weighted by Crippen LogP contribution is 2.19. The Morgan fingerprint density at radius 2 is 1.71 bits per heavy atom. The maximum absolute atomic E-state index is 12.4. The number of hydrogen-bond acceptors (Lipinski definition) is 3. The monoisotopic (exact) mass is 325 g/mol. The van der Waals surface area contributed by atoms with Gasteiger partial charge in [0.25, 0.3) is 5.91 Å². The minimum absolute atomic E-state index is 0.00519. The minimum Gasteiger partial charge on any atom is -0.367 e. The molecule has 2 N–H and O–H groups in total. The van der Waals surface area contributed by atoms with E-state index < -0.39 is 0 Å². The summed E-state index contributed by atoms with van der Waals surface area (Å²) in [6.07, 6.45) is 0. The summed E-state index contributed by atoms with van der Waals surface area (Å²) in [5.41, 5.74) is 8.73. The molecule has 1 amide bonds. The molecule has 24 heavy (non-hydrogen) atoms. The van der Waals surface area contributed by atoms with Crippen LogP contribution in [-0.4, -0.2) is 37.0 Å². The molecule has 0 radical (unpaired) electrons. The number of carbonyl (C=O) groups is 1. The highest BCUT2D eigenvalue weighted by Gasteiger charge is 2.16. The van der Waals surface area contributed by atoms with Crippen molar-refractivity contribution < 1.29 is 4.79 Å². The van der Waals surface area contributed by atoms with E-state index in [-0.39, 0.29) is 11.9 Å². The van der Waals surface area contributed by atoms with Crippen molar-refractivity contribution in [3.8, 4) is 0 Å². The lowest BCUT2D eigenvalue weighted by Gasteiger charge is -2.25. The van der Waals surface area contributed by atoms with Gasteiger partial charge in [-0.15, -0.1) is 0 Å². The molecule has 128 valence electrons. The smallest absolute Gasteiger partial charge is 0.253 e. The van der Waals surface area contributed by atoms with E-state index in [4.69, 9.17) is 5.73 Å². The zero-order chi connectivity index (χ0) is 17.5. The van der Waals surface area contributed by atoms with Gasteiger partial charge in [-0.05, 0) is 43.7 Å². The van der Waals surface area contributed by atoms with E-state index in [1.54, 1.807) is 11.9 Å². The molecule has 0 aliphatic heterocycles. The first-order valence-corrected chi connectivity index (χ1v) is 8.43. The summed E-state index contributed by atoms with van der Waals surface area (Å²) in [7, 11) is 1.79. The van der Waals surface area contributed by atoms with Crippen molar-refractivity contribution in [1.29, 1.82) is 0 Å². The molecule has 4 heteroatoms. The van der Waals surface area contributed by atoms with Crippen LogP contribution in [0.4, 0.5) is 5.69 Å². The summed E-state index contributed by atoms with van der Waals surface area (Å²) in [6, 6.07) is 18.2. The van der Waals surface area contributed by atoms with Crippen molar-refractivity contribution in [2.75, 3.05) is 25.0 Å². The summed E-state index contributed by atoms with van der Waals surface area (Å²) >= 11 is 0. The Balaban J connectivity index is 2.11. The van der Waals surface area contributed by atoms with E-state index in [0.29, 0.717) is 12.1 Å². The lowest BCUT2D eigenvalue weighted by Crippen LogP contribution is -2.39. The fraction of sp³-hybridized carbons (Fsp3) is 0.350. The second kappa shape index (κ2) is 8.50. The van der Waals surface area contributed by atoms with Crippen LogP contribution in [0.5, 0.6) is 0 Å². The van der Waals surface area contributed by atoms with Gasteiger partial charge in [0.15, 0.2) is 0 Å². The van der Waals surface area contributed by atoms with Crippen molar-refractivity contribution in [1.82, 2.24) is 4.90 Å². The van der Waals surface area contributed by atoms with Crippen LogP contribution in [0.2, 0.25) is 0 Å².